The molecule has 0 radical (unpaired) electrons. The number of hydrogen-bond donors (Lipinski definition) is 0. The van der Waals surface area contributed by atoms with Gasteiger partial charge in [-0.3, -0.25) is 4.79 Å². The van der Waals surface area contributed by atoms with E-state index in [4.69, 9.17) is 0 Å². The zero-order valence-electron chi connectivity index (χ0n) is 9.83. The Morgan fingerprint density at radius 2 is 1.94 bits per heavy atom. The molecule has 0 saturated heterocycles. The van der Waals surface area contributed by atoms with Gasteiger partial charge in [0.05, 0.1) is 0 Å². The van der Waals surface area contributed by atoms with Gasteiger partial charge in [0.25, 0.3) is 0 Å². The van der Waals surface area contributed by atoms with Crippen LogP contribution in [-0.2, 0) is 4.79 Å². The fourth-order valence-corrected chi connectivity index (χ4v) is 2.19. The molecule has 1 aromatic rings. The Hall–Kier alpha value is -1.37. The van der Waals surface area contributed by atoms with Crippen molar-refractivity contribution in [1.29, 1.82) is 0 Å². The number of aryl methyl sites for hydroxylation is 1. The first kappa shape index (κ1) is 11.1. The molecule has 0 atom stereocenters. The first-order chi connectivity index (χ1) is 7.75. The molecule has 1 heteroatoms. The number of allylic oxidation sites excluding steroid dienone is 1. The summed E-state index contributed by atoms with van der Waals surface area (Å²) >= 11 is 0. The second kappa shape index (κ2) is 5.11. The zero-order valence-corrected chi connectivity index (χ0v) is 9.83. The first-order valence-electron chi connectivity index (χ1n) is 6.06. The average molecular weight is 214 g/mol. The molecule has 2 rings (SSSR count). The highest BCUT2D eigenvalue weighted by atomic mass is 16.1. The van der Waals surface area contributed by atoms with E-state index in [2.05, 4.69) is 31.2 Å². The molecule has 1 saturated carbocycles. The normalized spacial score (nSPS) is 19.8. The van der Waals surface area contributed by atoms with Crippen molar-refractivity contribution < 1.29 is 4.79 Å². The third-order valence-electron chi connectivity index (χ3n) is 3.09. The van der Waals surface area contributed by atoms with Gasteiger partial charge in [0.2, 0.25) is 0 Å². The monoisotopic (exact) mass is 214 g/mol. The fourth-order valence-electron chi connectivity index (χ4n) is 2.19. The molecule has 1 nitrogen and oxygen atoms in total. The molecule has 0 bridgehead atoms. The summed E-state index contributed by atoms with van der Waals surface area (Å²) in [6.45, 7) is 2.08. The standard InChI is InChI=1S/C15H18O/c1-12-6-5-7-13(10-12)11-14-8-3-2-4-9-15(14)16/h5-7,10-11H,2-4,8-9H2,1H3/b14-11+. The number of carbonyl (C=O) groups excluding carboxylic acids is 1. The van der Waals surface area contributed by atoms with E-state index in [1.54, 1.807) is 0 Å². The maximum Gasteiger partial charge on any atom is 0.158 e. The first-order valence-corrected chi connectivity index (χ1v) is 6.06. The highest BCUT2D eigenvalue weighted by molar-refractivity contribution is 5.99. The predicted octanol–water partition coefficient (Wildman–Crippen LogP) is 3.91. The van der Waals surface area contributed by atoms with E-state index in [1.165, 1.54) is 12.0 Å². The Kier molecular flexibility index (Phi) is 3.55. The SMILES string of the molecule is Cc1cccc(/C=C2\CCCCCC2=O)c1. The van der Waals surface area contributed by atoms with E-state index in [1.807, 2.05) is 6.07 Å². The lowest BCUT2D eigenvalue weighted by Gasteiger charge is -2.02. The van der Waals surface area contributed by atoms with E-state index in [9.17, 15) is 4.79 Å². The van der Waals surface area contributed by atoms with Gasteiger partial charge in [-0.15, -0.1) is 0 Å². The summed E-state index contributed by atoms with van der Waals surface area (Å²) in [5.41, 5.74) is 3.42. The zero-order chi connectivity index (χ0) is 11.4. The van der Waals surface area contributed by atoms with Crippen LogP contribution in [0.15, 0.2) is 29.8 Å². The van der Waals surface area contributed by atoms with Crippen LogP contribution < -0.4 is 0 Å². The summed E-state index contributed by atoms with van der Waals surface area (Å²) in [5, 5.41) is 0. The van der Waals surface area contributed by atoms with Crippen LogP contribution in [-0.4, -0.2) is 5.78 Å². The van der Waals surface area contributed by atoms with Gasteiger partial charge < -0.3 is 0 Å². The Morgan fingerprint density at radius 1 is 1.12 bits per heavy atom. The molecule has 1 aliphatic rings. The van der Waals surface area contributed by atoms with Gasteiger partial charge in [-0.1, -0.05) is 36.2 Å². The van der Waals surface area contributed by atoms with Crippen molar-refractivity contribution in [2.24, 2.45) is 0 Å². The lowest BCUT2D eigenvalue weighted by Crippen LogP contribution is -1.99. The molecular weight excluding hydrogens is 196 g/mol. The van der Waals surface area contributed by atoms with Gasteiger partial charge in [-0.25, -0.2) is 0 Å². The van der Waals surface area contributed by atoms with Gasteiger partial charge in [0, 0.05) is 6.42 Å². The summed E-state index contributed by atoms with van der Waals surface area (Å²) in [5.74, 6) is 0.346. The second-order valence-electron chi connectivity index (χ2n) is 4.57. The molecule has 16 heavy (non-hydrogen) atoms. The van der Waals surface area contributed by atoms with E-state index in [0.717, 1.165) is 36.8 Å². The minimum atomic E-state index is 0.346. The quantitative estimate of drug-likeness (QED) is 0.511. The Labute approximate surface area is 97.2 Å². The maximum absolute atomic E-state index is 11.8. The van der Waals surface area contributed by atoms with Crippen LogP contribution >= 0.6 is 0 Å². The van der Waals surface area contributed by atoms with Crippen LogP contribution in [0.5, 0.6) is 0 Å². The van der Waals surface area contributed by atoms with Crippen molar-refractivity contribution >= 4 is 11.9 Å². The molecule has 0 aromatic heterocycles. The fraction of sp³-hybridized carbons (Fsp3) is 0.400. The molecule has 0 amide bonds. The van der Waals surface area contributed by atoms with Crippen molar-refractivity contribution in [3.63, 3.8) is 0 Å². The van der Waals surface area contributed by atoms with E-state index < -0.39 is 0 Å². The van der Waals surface area contributed by atoms with Crippen LogP contribution in [0, 0.1) is 6.92 Å². The van der Waals surface area contributed by atoms with Gasteiger partial charge in [-0.05, 0) is 43.4 Å². The minimum absolute atomic E-state index is 0.346. The number of ketones is 1. The highest BCUT2D eigenvalue weighted by Crippen LogP contribution is 2.21. The molecule has 0 spiro atoms. The van der Waals surface area contributed by atoms with Crippen LogP contribution in [0.1, 0.15) is 43.2 Å². The number of Topliss-reactive ketones (excluding diaryl/α,β-unsaturated/α-hetero) is 1. The Bertz CT molecular complexity index is 415. The van der Waals surface area contributed by atoms with Gasteiger partial charge >= 0.3 is 0 Å². The van der Waals surface area contributed by atoms with Crippen molar-refractivity contribution in [2.75, 3.05) is 0 Å². The highest BCUT2D eigenvalue weighted by Gasteiger charge is 2.12. The number of benzene rings is 1. The Balaban J connectivity index is 2.24. The molecular formula is C15H18O. The van der Waals surface area contributed by atoms with Crippen molar-refractivity contribution in [3.8, 4) is 0 Å². The summed E-state index contributed by atoms with van der Waals surface area (Å²) in [4.78, 5) is 11.8. The molecule has 0 aliphatic heterocycles. The van der Waals surface area contributed by atoms with Crippen molar-refractivity contribution in [1.82, 2.24) is 0 Å². The maximum atomic E-state index is 11.8. The van der Waals surface area contributed by atoms with Crippen LogP contribution in [0.25, 0.3) is 6.08 Å². The number of carbonyl (C=O) groups is 1. The lowest BCUT2D eigenvalue weighted by atomic mass is 10.0. The van der Waals surface area contributed by atoms with Gasteiger partial charge in [0.15, 0.2) is 5.78 Å². The summed E-state index contributed by atoms with van der Waals surface area (Å²) in [6, 6.07) is 8.32. The number of hydrogen-bond acceptors (Lipinski definition) is 1. The van der Waals surface area contributed by atoms with Crippen LogP contribution in [0.2, 0.25) is 0 Å². The van der Waals surface area contributed by atoms with Crippen molar-refractivity contribution in [3.05, 3.63) is 41.0 Å². The summed E-state index contributed by atoms with van der Waals surface area (Å²) < 4.78 is 0. The third-order valence-corrected chi connectivity index (χ3v) is 3.09. The van der Waals surface area contributed by atoms with Crippen LogP contribution in [0.4, 0.5) is 0 Å². The minimum Gasteiger partial charge on any atom is -0.295 e. The van der Waals surface area contributed by atoms with Crippen molar-refractivity contribution in [2.45, 2.75) is 39.0 Å². The molecule has 84 valence electrons. The molecule has 0 N–H and O–H groups in total. The largest absolute Gasteiger partial charge is 0.295 e. The van der Waals surface area contributed by atoms with E-state index in [-0.39, 0.29) is 0 Å². The van der Waals surface area contributed by atoms with Crippen LogP contribution in [0.3, 0.4) is 0 Å². The molecule has 1 aromatic carbocycles. The second-order valence-corrected chi connectivity index (χ2v) is 4.57. The molecule has 1 fully saturated rings. The predicted molar refractivity (Wildman–Crippen MR) is 67.2 cm³/mol. The van der Waals surface area contributed by atoms with E-state index in [0.29, 0.717) is 5.78 Å². The molecule has 0 unspecified atom stereocenters. The topological polar surface area (TPSA) is 17.1 Å². The van der Waals surface area contributed by atoms with Gasteiger partial charge in [0.1, 0.15) is 0 Å². The summed E-state index contributed by atoms with van der Waals surface area (Å²) in [6.07, 6.45) is 7.16. The van der Waals surface area contributed by atoms with E-state index >= 15 is 0 Å². The lowest BCUT2D eigenvalue weighted by molar-refractivity contribution is -0.115. The third kappa shape index (κ3) is 2.82. The number of rotatable bonds is 1. The summed E-state index contributed by atoms with van der Waals surface area (Å²) in [7, 11) is 0. The molecule has 1 aliphatic carbocycles. The molecule has 0 heterocycles. The van der Waals surface area contributed by atoms with Gasteiger partial charge in [-0.2, -0.15) is 0 Å². The Morgan fingerprint density at radius 3 is 2.75 bits per heavy atom. The smallest absolute Gasteiger partial charge is 0.158 e. The average Bonchev–Trinajstić information content (AvgIpc) is 2.45.